The fraction of sp³-hybridized carbons (Fsp3) is 0.444. The number of fused-ring (bicyclic) bond motifs is 4. The van der Waals surface area contributed by atoms with Crippen LogP contribution in [0.1, 0.15) is 17.7 Å². The van der Waals surface area contributed by atoms with Crippen molar-refractivity contribution < 1.29 is 19.4 Å². The Labute approximate surface area is 205 Å². The van der Waals surface area contributed by atoms with Gasteiger partial charge in [0.1, 0.15) is 18.1 Å². The minimum absolute atomic E-state index is 0.0127. The fourth-order valence-electron chi connectivity index (χ4n) is 5.70. The molecule has 1 spiro atoms. The van der Waals surface area contributed by atoms with E-state index in [0.717, 1.165) is 62.6 Å². The van der Waals surface area contributed by atoms with Crippen LogP contribution in [0.5, 0.6) is 11.5 Å². The largest absolute Gasteiger partial charge is 0.497 e. The highest BCUT2D eigenvalue weighted by Gasteiger charge is 2.48. The van der Waals surface area contributed by atoms with Crippen LogP contribution in [0.15, 0.2) is 48.5 Å². The summed E-state index contributed by atoms with van der Waals surface area (Å²) in [6, 6.07) is 16.2. The molecular formula is C27H34N4O4. The molecule has 1 atom stereocenters. The van der Waals surface area contributed by atoms with E-state index in [0.29, 0.717) is 13.2 Å². The number of aromatic nitrogens is 1. The highest BCUT2D eigenvalue weighted by atomic mass is 16.5. The number of rotatable bonds is 10. The maximum absolute atomic E-state index is 11.0. The summed E-state index contributed by atoms with van der Waals surface area (Å²) in [5.41, 5.74) is 3.71. The van der Waals surface area contributed by atoms with Gasteiger partial charge in [0.05, 0.1) is 19.2 Å². The molecule has 0 amide bonds. The van der Waals surface area contributed by atoms with E-state index in [1.807, 2.05) is 36.4 Å². The summed E-state index contributed by atoms with van der Waals surface area (Å²) >= 11 is 0. The number of aromatic amines is 1. The molecule has 1 unspecified atom stereocenters. The van der Waals surface area contributed by atoms with Gasteiger partial charge < -0.3 is 24.9 Å². The molecule has 8 nitrogen and oxygen atoms in total. The van der Waals surface area contributed by atoms with Crippen LogP contribution >= 0.6 is 0 Å². The second-order valence-corrected chi connectivity index (χ2v) is 9.42. The van der Waals surface area contributed by atoms with Gasteiger partial charge in [-0.05, 0) is 48.7 Å². The third-order valence-corrected chi connectivity index (χ3v) is 7.40. The number of hydrogen-bond donors (Lipinski definition) is 3. The topological polar surface area (TPSA) is 90.1 Å². The van der Waals surface area contributed by atoms with Gasteiger partial charge in [0.25, 0.3) is 0 Å². The SMILES string of the molecule is COc1ccc2[nH]c3c(c2c1)CCN(CCNCC(=O)O)C31CCN(CCOc2ccccc2)C1. The lowest BCUT2D eigenvalue weighted by molar-refractivity contribution is -0.135. The van der Waals surface area contributed by atoms with Gasteiger partial charge in [-0.15, -0.1) is 0 Å². The first kappa shape index (κ1) is 23.7. The van der Waals surface area contributed by atoms with Crippen LogP contribution in [0, 0.1) is 0 Å². The van der Waals surface area contributed by atoms with Crippen LogP contribution < -0.4 is 14.8 Å². The second-order valence-electron chi connectivity index (χ2n) is 9.42. The number of hydrogen-bond acceptors (Lipinski definition) is 6. The van der Waals surface area contributed by atoms with Crippen LogP contribution in [0.3, 0.4) is 0 Å². The van der Waals surface area contributed by atoms with Crippen molar-refractivity contribution in [2.45, 2.75) is 18.4 Å². The number of methoxy groups -OCH3 is 1. The first-order chi connectivity index (χ1) is 17.1. The zero-order chi connectivity index (χ0) is 24.3. The van der Waals surface area contributed by atoms with E-state index in [9.17, 15) is 4.79 Å². The van der Waals surface area contributed by atoms with E-state index in [4.69, 9.17) is 14.6 Å². The molecule has 0 saturated carbocycles. The number of likely N-dealkylation sites (tertiary alicyclic amines) is 1. The minimum atomic E-state index is -0.823. The Kier molecular flexibility index (Phi) is 6.95. The van der Waals surface area contributed by atoms with Gasteiger partial charge >= 0.3 is 5.97 Å². The molecule has 5 rings (SSSR count). The predicted octanol–water partition coefficient (Wildman–Crippen LogP) is 2.69. The van der Waals surface area contributed by atoms with Crippen molar-refractivity contribution >= 4 is 16.9 Å². The van der Waals surface area contributed by atoms with Crippen LogP contribution in [-0.4, -0.2) is 85.4 Å². The number of para-hydroxylation sites is 1. The molecule has 186 valence electrons. The lowest BCUT2D eigenvalue weighted by Gasteiger charge is -2.45. The van der Waals surface area contributed by atoms with Crippen molar-refractivity contribution in [3.8, 4) is 11.5 Å². The van der Waals surface area contributed by atoms with E-state index < -0.39 is 5.97 Å². The van der Waals surface area contributed by atoms with Crippen molar-refractivity contribution in [3.05, 3.63) is 59.8 Å². The number of H-pyrrole nitrogens is 1. The molecule has 8 heteroatoms. The van der Waals surface area contributed by atoms with Crippen molar-refractivity contribution in [1.82, 2.24) is 20.1 Å². The number of nitrogens with zero attached hydrogens (tertiary/aromatic N) is 2. The molecular weight excluding hydrogens is 444 g/mol. The van der Waals surface area contributed by atoms with Crippen LogP contribution in [0.2, 0.25) is 0 Å². The predicted molar refractivity (Wildman–Crippen MR) is 135 cm³/mol. The summed E-state index contributed by atoms with van der Waals surface area (Å²) < 4.78 is 11.5. The standard InChI is InChI=1S/C27H34N4O4/c1-34-21-7-8-24-23(17-21)22-9-12-31(14-11-28-18-25(32)33)27(26(22)29-24)10-13-30(19-27)15-16-35-20-5-3-2-4-6-20/h2-8,17,28-29H,9-16,18-19H2,1H3,(H,32,33). The summed E-state index contributed by atoms with van der Waals surface area (Å²) in [4.78, 5) is 19.8. The smallest absolute Gasteiger partial charge is 0.317 e. The van der Waals surface area contributed by atoms with Crippen LogP contribution in [-0.2, 0) is 16.8 Å². The van der Waals surface area contributed by atoms with Crippen LogP contribution in [0.4, 0.5) is 0 Å². The average molecular weight is 479 g/mol. The molecule has 1 aromatic heterocycles. The molecule has 0 aliphatic carbocycles. The molecule has 1 saturated heterocycles. The highest BCUT2D eigenvalue weighted by Crippen LogP contribution is 2.44. The molecule has 0 bridgehead atoms. The van der Waals surface area contributed by atoms with E-state index in [1.165, 1.54) is 16.6 Å². The average Bonchev–Trinajstić information content (AvgIpc) is 3.46. The molecule has 3 N–H and O–H groups in total. The quantitative estimate of drug-likeness (QED) is 0.386. The van der Waals surface area contributed by atoms with E-state index in [1.54, 1.807) is 7.11 Å². The molecule has 2 aliphatic rings. The molecule has 1 fully saturated rings. The van der Waals surface area contributed by atoms with Gasteiger partial charge in [-0.25, -0.2) is 0 Å². The number of nitrogens with one attached hydrogen (secondary N) is 2. The van der Waals surface area contributed by atoms with Crippen molar-refractivity contribution in [2.24, 2.45) is 0 Å². The zero-order valence-electron chi connectivity index (χ0n) is 20.3. The number of ether oxygens (including phenoxy) is 2. The lowest BCUT2D eigenvalue weighted by Crippen LogP contribution is -2.54. The van der Waals surface area contributed by atoms with Gasteiger partial charge in [0, 0.05) is 55.9 Å². The van der Waals surface area contributed by atoms with Gasteiger partial charge in [-0.3, -0.25) is 14.6 Å². The van der Waals surface area contributed by atoms with Crippen molar-refractivity contribution in [2.75, 3.05) is 59.5 Å². The minimum Gasteiger partial charge on any atom is -0.497 e. The number of carboxylic acids is 1. The molecule has 2 aromatic carbocycles. The highest BCUT2D eigenvalue weighted by molar-refractivity contribution is 5.87. The molecule has 35 heavy (non-hydrogen) atoms. The van der Waals surface area contributed by atoms with E-state index in [-0.39, 0.29) is 12.1 Å². The Balaban J connectivity index is 1.37. The van der Waals surface area contributed by atoms with E-state index >= 15 is 0 Å². The number of aliphatic carboxylic acids is 1. The van der Waals surface area contributed by atoms with Crippen molar-refractivity contribution in [1.29, 1.82) is 0 Å². The Morgan fingerprint density at radius 2 is 2.00 bits per heavy atom. The van der Waals surface area contributed by atoms with E-state index in [2.05, 4.69) is 32.2 Å². The number of carboxylic acid groups (broad SMARTS) is 1. The third kappa shape index (κ3) is 4.87. The lowest BCUT2D eigenvalue weighted by atomic mass is 9.84. The number of benzene rings is 2. The Morgan fingerprint density at radius 3 is 2.80 bits per heavy atom. The maximum Gasteiger partial charge on any atom is 0.317 e. The van der Waals surface area contributed by atoms with Gasteiger partial charge in [0.2, 0.25) is 0 Å². The summed E-state index contributed by atoms with van der Waals surface area (Å²) in [5, 5.41) is 13.3. The molecule has 3 heterocycles. The number of carbonyl (C=O) groups is 1. The van der Waals surface area contributed by atoms with Crippen LogP contribution in [0.25, 0.3) is 10.9 Å². The van der Waals surface area contributed by atoms with Gasteiger partial charge in [-0.1, -0.05) is 18.2 Å². The normalized spacial score (nSPS) is 20.4. The first-order valence-electron chi connectivity index (χ1n) is 12.4. The Hall–Kier alpha value is -3.07. The van der Waals surface area contributed by atoms with Gasteiger partial charge in [0.15, 0.2) is 0 Å². The molecule has 0 radical (unpaired) electrons. The summed E-state index contributed by atoms with van der Waals surface area (Å²) in [7, 11) is 1.71. The Morgan fingerprint density at radius 1 is 1.14 bits per heavy atom. The maximum atomic E-state index is 11.0. The fourth-order valence-corrected chi connectivity index (χ4v) is 5.70. The van der Waals surface area contributed by atoms with Crippen molar-refractivity contribution in [3.63, 3.8) is 0 Å². The Bertz CT molecular complexity index is 1160. The second kappa shape index (κ2) is 10.3. The third-order valence-electron chi connectivity index (χ3n) is 7.40. The first-order valence-corrected chi connectivity index (χ1v) is 12.4. The molecule has 2 aliphatic heterocycles. The summed E-state index contributed by atoms with van der Waals surface area (Å²) in [6.45, 7) is 5.81. The summed E-state index contributed by atoms with van der Waals surface area (Å²) in [6.07, 6.45) is 1.98. The summed E-state index contributed by atoms with van der Waals surface area (Å²) in [5.74, 6) is 0.951. The monoisotopic (exact) mass is 478 g/mol. The van der Waals surface area contributed by atoms with Gasteiger partial charge in [-0.2, -0.15) is 0 Å². The molecule has 3 aromatic rings. The zero-order valence-corrected chi connectivity index (χ0v) is 20.3.